The van der Waals surface area contributed by atoms with Crippen molar-refractivity contribution >= 4 is 17.3 Å². The van der Waals surface area contributed by atoms with Crippen molar-refractivity contribution in [1.82, 2.24) is 0 Å². The lowest BCUT2D eigenvalue weighted by Crippen LogP contribution is -2.00. The molecule has 0 amide bonds. The number of carboxylic acid groups (broad SMARTS) is 1. The second-order valence-corrected chi connectivity index (χ2v) is 3.26. The molecule has 1 aromatic carbocycles. The number of rotatable bonds is 4. The van der Waals surface area contributed by atoms with Crippen molar-refractivity contribution in [3.63, 3.8) is 0 Å². The number of anilines is 1. The van der Waals surface area contributed by atoms with Crippen LogP contribution in [0.4, 0.5) is 11.4 Å². The Balaban J connectivity index is 3.19. The molecule has 0 radical (unpaired) electrons. The summed E-state index contributed by atoms with van der Waals surface area (Å²) >= 11 is 0. The summed E-state index contributed by atoms with van der Waals surface area (Å²) in [6.07, 6.45) is 1.03. The van der Waals surface area contributed by atoms with Crippen LogP contribution in [0.1, 0.15) is 10.4 Å². The van der Waals surface area contributed by atoms with E-state index in [9.17, 15) is 14.9 Å². The maximum atomic E-state index is 10.8. The summed E-state index contributed by atoms with van der Waals surface area (Å²) in [6, 6.07) is 6.32. The largest absolute Gasteiger partial charge is 0.478 e. The van der Waals surface area contributed by atoms with E-state index in [-0.39, 0.29) is 16.8 Å². The molecule has 0 aliphatic carbocycles. The zero-order valence-corrected chi connectivity index (χ0v) is 9.32. The maximum absolute atomic E-state index is 10.8. The number of nitriles is 2. The van der Waals surface area contributed by atoms with E-state index in [1.165, 1.54) is 0 Å². The van der Waals surface area contributed by atoms with Gasteiger partial charge in [-0.05, 0) is 6.07 Å². The number of hydrogen-bond acceptors (Lipinski definition) is 6. The Labute approximate surface area is 107 Å². The summed E-state index contributed by atoms with van der Waals surface area (Å²) in [5.41, 5.74) is -0.843. The Morgan fingerprint density at radius 2 is 2.00 bits per heavy atom. The van der Waals surface area contributed by atoms with Gasteiger partial charge in [0.15, 0.2) is 0 Å². The van der Waals surface area contributed by atoms with Crippen molar-refractivity contribution < 1.29 is 14.8 Å². The molecule has 0 bridgehead atoms. The van der Waals surface area contributed by atoms with E-state index in [1.807, 2.05) is 0 Å². The normalized spacial score (nSPS) is 8.74. The third-order valence-electron chi connectivity index (χ3n) is 2.00. The van der Waals surface area contributed by atoms with Crippen LogP contribution in [-0.2, 0) is 0 Å². The molecular weight excluding hydrogens is 252 g/mol. The highest BCUT2D eigenvalue weighted by atomic mass is 16.6. The molecule has 0 unspecified atom stereocenters. The highest BCUT2D eigenvalue weighted by molar-refractivity contribution is 5.90. The van der Waals surface area contributed by atoms with Gasteiger partial charge in [0.1, 0.15) is 17.7 Å². The fraction of sp³-hybridized carbons (Fsp3) is 0. The number of non-ortho nitro benzene ring substituents is 1. The maximum Gasteiger partial charge on any atom is 0.336 e. The zero-order valence-electron chi connectivity index (χ0n) is 9.32. The molecule has 0 aliphatic rings. The lowest BCUT2D eigenvalue weighted by Gasteiger charge is -2.02. The number of nitrogens with zero attached hydrogens (tertiary/aromatic N) is 3. The van der Waals surface area contributed by atoms with Gasteiger partial charge in [-0.1, -0.05) is 0 Å². The third-order valence-corrected chi connectivity index (χ3v) is 2.00. The number of carbonyl (C=O) groups is 1. The van der Waals surface area contributed by atoms with Gasteiger partial charge in [-0.15, -0.1) is 0 Å². The summed E-state index contributed by atoms with van der Waals surface area (Å²) in [5.74, 6) is -1.32. The molecule has 2 N–H and O–H groups in total. The van der Waals surface area contributed by atoms with E-state index in [4.69, 9.17) is 15.6 Å². The van der Waals surface area contributed by atoms with Gasteiger partial charge in [0, 0.05) is 24.0 Å². The van der Waals surface area contributed by atoms with Gasteiger partial charge in [0.05, 0.1) is 10.5 Å². The van der Waals surface area contributed by atoms with Crippen molar-refractivity contribution in [2.45, 2.75) is 0 Å². The van der Waals surface area contributed by atoms with Crippen molar-refractivity contribution in [2.75, 3.05) is 5.32 Å². The van der Waals surface area contributed by atoms with E-state index in [1.54, 1.807) is 12.1 Å². The van der Waals surface area contributed by atoms with E-state index in [0.29, 0.717) is 0 Å². The predicted octanol–water partition coefficient (Wildman–Crippen LogP) is 1.64. The molecule has 19 heavy (non-hydrogen) atoms. The first kappa shape index (κ1) is 13.7. The van der Waals surface area contributed by atoms with Gasteiger partial charge in [-0.2, -0.15) is 10.5 Å². The van der Waals surface area contributed by atoms with Gasteiger partial charge in [-0.3, -0.25) is 10.1 Å². The molecule has 0 atom stereocenters. The first-order chi connectivity index (χ1) is 8.97. The summed E-state index contributed by atoms with van der Waals surface area (Å²) in [6.45, 7) is 0. The average Bonchev–Trinajstić information content (AvgIpc) is 2.39. The molecule has 8 heteroatoms. The van der Waals surface area contributed by atoms with E-state index >= 15 is 0 Å². The molecule has 1 aromatic rings. The Morgan fingerprint density at radius 3 is 2.47 bits per heavy atom. The summed E-state index contributed by atoms with van der Waals surface area (Å²) < 4.78 is 0. The number of nitro benzene ring substituents is 1. The van der Waals surface area contributed by atoms with Crippen LogP contribution in [-0.4, -0.2) is 16.0 Å². The monoisotopic (exact) mass is 258 g/mol. The van der Waals surface area contributed by atoms with Crippen molar-refractivity contribution in [2.24, 2.45) is 0 Å². The van der Waals surface area contributed by atoms with Gasteiger partial charge in [0.2, 0.25) is 0 Å². The molecule has 94 valence electrons. The molecule has 8 nitrogen and oxygen atoms in total. The standard InChI is InChI=1S/C11H6N4O4/c12-4-7(5-13)6-14-9-1-8(11(16)17)2-10(3-9)15(18)19/h1-3,6,14H,(H,16,17). The minimum absolute atomic E-state index is 0.0922. The van der Waals surface area contributed by atoms with Crippen LogP contribution >= 0.6 is 0 Å². The van der Waals surface area contributed by atoms with Crippen LogP contribution in [0.25, 0.3) is 0 Å². The Hall–Kier alpha value is -3.39. The molecule has 0 saturated carbocycles. The number of nitrogens with one attached hydrogen (secondary N) is 1. The molecule has 0 spiro atoms. The Kier molecular flexibility index (Phi) is 4.17. The van der Waals surface area contributed by atoms with Crippen LogP contribution in [0, 0.1) is 32.8 Å². The minimum atomic E-state index is -1.32. The smallest absolute Gasteiger partial charge is 0.336 e. The number of nitro groups is 1. The number of hydrogen-bond donors (Lipinski definition) is 2. The van der Waals surface area contributed by atoms with Crippen molar-refractivity contribution in [3.8, 4) is 12.1 Å². The second kappa shape index (κ2) is 5.80. The number of allylic oxidation sites excluding steroid dienone is 1. The summed E-state index contributed by atoms with van der Waals surface area (Å²) in [4.78, 5) is 20.7. The molecule has 0 heterocycles. The highest BCUT2D eigenvalue weighted by Gasteiger charge is 2.13. The van der Waals surface area contributed by atoms with E-state index in [2.05, 4.69) is 5.32 Å². The van der Waals surface area contributed by atoms with Crippen LogP contribution in [0.3, 0.4) is 0 Å². The molecule has 0 fully saturated rings. The molecule has 0 saturated heterocycles. The fourth-order valence-electron chi connectivity index (χ4n) is 1.17. The van der Waals surface area contributed by atoms with Gasteiger partial charge in [0.25, 0.3) is 5.69 Å². The van der Waals surface area contributed by atoms with Crippen molar-refractivity contribution in [3.05, 3.63) is 45.6 Å². The van der Waals surface area contributed by atoms with Gasteiger partial charge >= 0.3 is 5.97 Å². The number of aromatic carboxylic acids is 1. The van der Waals surface area contributed by atoms with Crippen LogP contribution < -0.4 is 5.32 Å². The summed E-state index contributed by atoms with van der Waals surface area (Å²) in [5, 5.41) is 38.9. The van der Waals surface area contributed by atoms with Crippen molar-refractivity contribution in [1.29, 1.82) is 10.5 Å². The van der Waals surface area contributed by atoms with Crippen LogP contribution in [0.2, 0.25) is 0 Å². The summed E-state index contributed by atoms with van der Waals surface area (Å²) in [7, 11) is 0. The minimum Gasteiger partial charge on any atom is -0.478 e. The third kappa shape index (κ3) is 3.54. The molecular formula is C11H6N4O4. The van der Waals surface area contributed by atoms with E-state index in [0.717, 1.165) is 24.4 Å². The molecule has 1 rings (SSSR count). The Morgan fingerprint density at radius 1 is 1.37 bits per heavy atom. The number of carboxylic acids is 1. The Bertz CT molecular complexity index is 603. The topological polar surface area (TPSA) is 140 Å². The lowest BCUT2D eigenvalue weighted by atomic mass is 10.1. The average molecular weight is 258 g/mol. The van der Waals surface area contributed by atoms with Crippen LogP contribution in [0.5, 0.6) is 0 Å². The lowest BCUT2D eigenvalue weighted by molar-refractivity contribution is -0.384. The van der Waals surface area contributed by atoms with Gasteiger partial charge < -0.3 is 10.4 Å². The quantitative estimate of drug-likeness (QED) is 0.475. The predicted molar refractivity (Wildman–Crippen MR) is 63.0 cm³/mol. The molecule has 0 aromatic heterocycles. The fourth-order valence-corrected chi connectivity index (χ4v) is 1.17. The van der Waals surface area contributed by atoms with Gasteiger partial charge in [-0.25, -0.2) is 4.79 Å². The van der Waals surface area contributed by atoms with Crippen LogP contribution in [0.15, 0.2) is 30.0 Å². The SMILES string of the molecule is N#CC(C#N)=CNc1cc(C(=O)O)cc([N+](=O)[O-])c1. The number of benzene rings is 1. The van der Waals surface area contributed by atoms with E-state index < -0.39 is 16.6 Å². The highest BCUT2D eigenvalue weighted by Crippen LogP contribution is 2.21. The zero-order chi connectivity index (χ0) is 14.4. The second-order valence-electron chi connectivity index (χ2n) is 3.26. The first-order valence-corrected chi connectivity index (χ1v) is 4.77. The molecule has 0 aliphatic heterocycles. The first-order valence-electron chi connectivity index (χ1n) is 4.77.